The van der Waals surface area contributed by atoms with Gasteiger partial charge in [-0.25, -0.2) is 0 Å². The molecule has 4 heterocycles. The first-order valence-electron chi connectivity index (χ1n) is 11.8. The lowest BCUT2D eigenvalue weighted by Crippen LogP contribution is -2.73. The molecule has 0 amide bonds. The number of hydrogen-bond acceptors (Lipinski definition) is 8. The van der Waals surface area contributed by atoms with Crippen molar-refractivity contribution in [3.8, 4) is 0 Å². The van der Waals surface area contributed by atoms with Gasteiger partial charge in [0.15, 0.2) is 0 Å². The second-order valence-corrected chi connectivity index (χ2v) is 9.54. The third-order valence-electron chi connectivity index (χ3n) is 6.69. The van der Waals surface area contributed by atoms with Gasteiger partial charge in [-0.1, -0.05) is 6.92 Å². The number of hydrogen-bond donors (Lipinski definition) is 2. The van der Waals surface area contributed by atoms with Gasteiger partial charge < -0.3 is 39.9 Å². The zero-order valence-electron chi connectivity index (χ0n) is 18.4. The van der Waals surface area contributed by atoms with E-state index >= 15 is 0 Å². The molecule has 0 aromatic rings. The Balaban J connectivity index is 1.42. The summed E-state index contributed by atoms with van der Waals surface area (Å²) in [6.07, 6.45) is 6.45. The summed E-state index contributed by atoms with van der Waals surface area (Å²) in [5.41, 5.74) is 13.0. The standard InChI is InChI=1S/C22H40N2O6/c1-2-5-25-6-3-4-7-26-20(8-16-12-27-16)22(24,11-19-15-30-19)21(23,9-17-13-28-17)10-18-14-29-18/h16-20H,2-15,23-24H2,1H3. The van der Waals surface area contributed by atoms with Gasteiger partial charge in [-0.15, -0.1) is 0 Å². The van der Waals surface area contributed by atoms with Crippen molar-refractivity contribution >= 4 is 0 Å². The third-order valence-corrected chi connectivity index (χ3v) is 6.69. The van der Waals surface area contributed by atoms with Gasteiger partial charge in [0, 0.05) is 31.8 Å². The zero-order valence-corrected chi connectivity index (χ0v) is 18.4. The molecule has 8 heteroatoms. The molecule has 4 N–H and O–H groups in total. The molecule has 4 aliphatic heterocycles. The molecule has 4 aliphatic rings. The normalized spacial score (nSPS) is 34.1. The monoisotopic (exact) mass is 428 g/mol. The maximum atomic E-state index is 7.25. The topological polar surface area (TPSA) is 121 Å². The van der Waals surface area contributed by atoms with Gasteiger partial charge in [-0.05, 0) is 38.5 Å². The van der Waals surface area contributed by atoms with Crippen molar-refractivity contribution in [3.63, 3.8) is 0 Å². The lowest BCUT2D eigenvalue weighted by molar-refractivity contribution is -0.0542. The van der Waals surface area contributed by atoms with Crippen LogP contribution in [0.25, 0.3) is 0 Å². The van der Waals surface area contributed by atoms with Crippen molar-refractivity contribution in [2.24, 2.45) is 11.5 Å². The van der Waals surface area contributed by atoms with E-state index in [2.05, 4.69) is 6.92 Å². The molecule has 0 saturated carbocycles. The Bertz CT molecular complexity index is 522. The molecular weight excluding hydrogens is 388 g/mol. The molecule has 6 atom stereocenters. The maximum absolute atomic E-state index is 7.25. The van der Waals surface area contributed by atoms with Crippen LogP contribution in [0.4, 0.5) is 0 Å². The SMILES string of the molecule is CCCOCCCCOC(CC1CO1)C(N)(CC1CO1)C(N)(CC1CO1)CC1CO1. The molecule has 0 radical (unpaired) electrons. The van der Waals surface area contributed by atoms with E-state index in [1.54, 1.807) is 0 Å². The fraction of sp³-hybridized carbons (Fsp3) is 1.00. The first kappa shape index (κ1) is 22.9. The highest BCUT2D eigenvalue weighted by molar-refractivity contribution is 5.16. The third kappa shape index (κ3) is 6.59. The van der Waals surface area contributed by atoms with E-state index in [0.717, 1.165) is 78.2 Å². The summed E-state index contributed by atoms with van der Waals surface area (Å²) in [6, 6.07) is 0. The number of unbranched alkanes of at least 4 members (excludes halogenated alkanes) is 1. The van der Waals surface area contributed by atoms with Gasteiger partial charge in [-0.2, -0.15) is 0 Å². The molecule has 174 valence electrons. The smallest absolute Gasteiger partial charge is 0.0835 e. The molecule has 0 bridgehead atoms. The summed E-state index contributed by atoms with van der Waals surface area (Å²) in [5, 5.41) is 0. The van der Waals surface area contributed by atoms with Crippen LogP contribution in [0.15, 0.2) is 0 Å². The van der Waals surface area contributed by atoms with Gasteiger partial charge in [0.1, 0.15) is 0 Å². The summed E-state index contributed by atoms with van der Waals surface area (Å²) >= 11 is 0. The number of epoxide rings is 4. The van der Waals surface area contributed by atoms with Crippen LogP contribution in [0, 0.1) is 0 Å². The lowest BCUT2D eigenvalue weighted by atomic mass is 9.65. The molecule has 8 nitrogen and oxygen atoms in total. The molecule has 0 aliphatic carbocycles. The molecule has 6 unspecified atom stereocenters. The molecule has 0 aromatic heterocycles. The quantitative estimate of drug-likeness (QED) is 0.246. The summed E-state index contributed by atoms with van der Waals surface area (Å²) in [7, 11) is 0. The van der Waals surface area contributed by atoms with Crippen LogP contribution in [0.2, 0.25) is 0 Å². The largest absolute Gasteiger partial charge is 0.381 e. The number of nitrogens with two attached hydrogens (primary N) is 2. The summed E-state index contributed by atoms with van der Waals surface area (Å²) in [4.78, 5) is 0. The maximum Gasteiger partial charge on any atom is 0.0835 e. The molecular formula is C22H40N2O6. The summed E-state index contributed by atoms with van der Waals surface area (Å²) in [5.74, 6) is 0. The van der Waals surface area contributed by atoms with E-state index in [0.29, 0.717) is 13.0 Å². The Morgan fingerprint density at radius 2 is 1.33 bits per heavy atom. The molecule has 4 rings (SSSR count). The highest BCUT2D eigenvalue weighted by Crippen LogP contribution is 2.43. The van der Waals surface area contributed by atoms with Gasteiger partial charge in [0.05, 0.1) is 62.5 Å². The van der Waals surface area contributed by atoms with Crippen molar-refractivity contribution in [2.45, 2.75) is 93.5 Å². The first-order chi connectivity index (χ1) is 14.5. The van der Waals surface area contributed by atoms with Crippen molar-refractivity contribution in [2.75, 3.05) is 46.2 Å². The van der Waals surface area contributed by atoms with Crippen molar-refractivity contribution in [1.29, 1.82) is 0 Å². The second kappa shape index (κ2) is 10.1. The first-order valence-corrected chi connectivity index (χ1v) is 11.8. The minimum absolute atomic E-state index is 0.159. The van der Waals surface area contributed by atoms with E-state index < -0.39 is 11.1 Å². The highest BCUT2D eigenvalue weighted by Gasteiger charge is 2.58. The minimum atomic E-state index is -0.725. The second-order valence-electron chi connectivity index (χ2n) is 9.54. The van der Waals surface area contributed by atoms with E-state index in [-0.39, 0.29) is 30.5 Å². The number of ether oxygens (including phenoxy) is 6. The van der Waals surface area contributed by atoms with Crippen molar-refractivity contribution in [1.82, 2.24) is 0 Å². The van der Waals surface area contributed by atoms with Crippen LogP contribution in [0.1, 0.15) is 51.9 Å². The van der Waals surface area contributed by atoms with Crippen LogP contribution >= 0.6 is 0 Å². The molecule has 4 fully saturated rings. The molecule has 0 spiro atoms. The number of rotatable bonds is 18. The summed E-state index contributed by atoms with van der Waals surface area (Å²) < 4.78 is 34.3. The average Bonchev–Trinajstić information content (AvgIpc) is 3.53. The fourth-order valence-corrected chi connectivity index (χ4v) is 4.51. The molecule has 4 saturated heterocycles. The Morgan fingerprint density at radius 3 is 1.87 bits per heavy atom. The summed E-state index contributed by atoms with van der Waals surface area (Å²) in [6.45, 7) is 7.40. The fourth-order valence-electron chi connectivity index (χ4n) is 4.51. The lowest BCUT2D eigenvalue weighted by Gasteiger charge is -2.50. The zero-order chi connectivity index (χ0) is 21.0. The van der Waals surface area contributed by atoms with Gasteiger partial charge in [-0.3, -0.25) is 0 Å². The van der Waals surface area contributed by atoms with E-state index in [9.17, 15) is 0 Å². The highest BCUT2D eigenvalue weighted by atomic mass is 16.6. The Labute approximate surface area is 180 Å². The van der Waals surface area contributed by atoms with Crippen LogP contribution in [0.5, 0.6) is 0 Å². The van der Waals surface area contributed by atoms with E-state index in [4.69, 9.17) is 39.9 Å². The van der Waals surface area contributed by atoms with Crippen LogP contribution in [-0.2, 0) is 28.4 Å². The van der Waals surface area contributed by atoms with Gasteiger partial charge in [0.25, 0.3) is 0 Å². The Hall–Kier alpha value is -0.320. The predicted molar refractivity (Wildman–Crippen MR) is 111 cm³/mol. The van der Waals surface area contributed by atoms with E-state index in [1.165, 1.54) is 0 Å². The Morgan fingerprint density at radius 1 is 0.800 bits per heavy atom. The Kier molecular flexibility index (Phi) is 7.68. The van der Waals surface area contributed by atoms with Gasteiger partial charge in [0.2, 0.25) is 0 Å². The minimum Gasteiger partial charge on any atom is -0.381 e. The van der Waals surface area contributed by atoms with Crippen LogP contribution in [0.3, 0.4) is 0 Å². The molecule has 0 aromatic carbocycles. The van der Waals surface area contributed by atoms with Gasteiger partial charge >= 0.3 is 0 Å². The van der Waals surface area contributed by atoms with Crippen LogP contribution in [-0.4, -0.2) is 87.8 Å². The average molecular weight is 429 g/mol. The van der Waals surface area contributed by atoms with Crippen LogP contribution < -0.4 is 11.5 Å². The predicted octanol–water partition coefficient (Wildman–Crippen LogP) is 1.13. The molecule has 30 heavy (non-hydrogen) atoms. The van der Waals surface area contributed by atoms with Crippen molar-refractivity contribution in [3.05, 3.63) is 0 Å². The van der Waals surface area contributed by atoms with E-state index in [1.807, 2.05) is 0 Å². The van der Waals surface area contributed by atoms with Crippen molar-refractivity contribution < 1.29 is 28.4 Å².